The summed E-state index contributed by atoms with van der Waals surface area (Å²) in [7, 11) is 0. The summed E-state index contributed by atoms with van der Waals surface area (Å²) < 4.78 is 15.1. The minimum atomic E-state index is -0.403. The number of para-hydroxylation sites is 1. The van der Waals surface area contributed by atoms with Crippen molar-refractivity contribution < 1.29 is 9.18 Å². The van der Waals surface area contributed by atoms with E-state index in [9.17, 15) is 9.18 Å². The molecule has 5 heteroatoms. The third kappa shape index (κ3) is 2.45. The first kappa shape index (κ1) is 13.2. The predicted octanol–water partition coefficient (Wildman–Crippen LogP) is 2.95. The fourth-order valence-electron chi connectivity index (χ4n) is 2.03. The summed E-state index contributed by atoms with van der Waals surface area (Å²) in [6.07, 6.45) is 1.38. The molecule has 0 aliphatic carbocycles. The van der Waals surface area contributed by atoms with E-state index in [2.05, 4.69) is 10.3 Å². The Morgan fingerprint density at radius 3 is 2.62 bits per heavy atom. The topological polar surface area (TPSA) is 47.8 Å². The van der Waals surface area contributed by atoms with Crippen molar-refractivity contribution in [3.63, 3.8) is 0 Å². The fourth-order valence-corrected chi connectivity index (χ4v) is 2.03. The highest BCUT2D eigenvalue weighted by atomic mass is 19.1. The van der Waals surface area contributed by atoms with Crippen LogP contribution in [-0.4, -0.2) is 20.8 Å². The van der Waals surface area contributed by atoms with Crippen LogP contribution in [0.3, 0.4) is 0 Å². The Morgan fingerprint density at radius 1 is 1.14 bits per heavy atom. The SMILES string of the molecule is Cc1ccc(C(=O)c2cnnn2-c2ccccc2)cc1F. The molecule has 0 N–H and O–H groups in total. The molecule has 0 spiro atoms. The molecule has 0 radical (unpaired) electrons. The van der Waals surface area contributed by atoms with Gasteiger partial charge in [0, 0.05) is 5.56 Å². The number of hydrogen-bond donors (Lipinski definition) is 0. The molecule has 0 saturated carbocycles. The van der Waals surface area contributed by atoms with Crippen molar-refractivity contribution in [3.8, 4) is 5.69 Å². The third-order valence-corrected chi connectivity index (χ3v) is 3.22. The van der Waals surface area contributed by atoms with E-state index in [1.165, 1.54) is 16.9 Å². The van der Waals surface area contributed by atoms with Crippen molar-refractivity contribution in [2.24, 2.45) is 0 Å². The number of aryl methyl sites for hydroxylation is 1. The van der Waals surface area contributed by atoms with Crippen LogP contribution in [-0.2, 0) is 0 Å². The molecule has 0 bridgehead atoms. The van der Waals surface area contributed by atoms with E-state index >= 15 is 0 Å². The smallest absolute Gasteiger partial charge is 0.213 e. The van der Waals surface area contributed by atoms with Gasteiger partial charge in [-0.1, -0.05) is 35.5 Å². The van der Waals surface area contributed by atoms with Gasteiger partial charge in [-0.2, -0.15) is 0 Å². The molecule has 0 amide bonds. The van der Waals surface area contributed by atoms with Gasteiger partial charge in [0.1, 0.15) is 11.5 Å². The number of hydrogen-bond acceptors (Lipinski definition) is 3. The second kappa shape index (κ2) is 5.28. The molecular weight excluding hydrogens is 269 g/mol. The number of aromatic nitrogens is 3. The van der Waals surface area contributed by atoms with Crippen molar-refractivity contribution in [2.45, 2.75) is 6.92 Å². The molecular formula is C16H12FN3O. The lowest BCUT2D eigenvalue weighted by atomic mass is 10.1. The average molecular weight is 281 g/mol. The second-order valence-corrected chi connectivity index (χ2v) is 4.66. The first-order valence-electron chi connectivity index (χ1n) is 6.44. The molecule has 104 valence electrons. The Balaban J connectivity index is 2.03. The van der Waals surface area contributed by atoms with E-state index in [0.29, 0.717) is 11.3 Å². The van der Waals surface area contributed by atoms with Gasteiger partial charge in [-0.25, -0.2) is 9.07 Å². The number of halogens is 1. The first-order chi connectivity index (χ1) is 10.2. The lowest BCUT2D eigenvalue weighted by Gasteiger charge is -2.06. The molecule has 1 heterocycles. The minimum absolute atomic E-state index is 0.276. The number of ketones is 1. The molecule has 0 atom stereocenters. The second-order valence-electron chi connectivity index (χ2n) is 4.66. The molecule has 0 aliphatic heterocycles. The Labute approximate surface area is 120 Å². The summed E-state index contributed by atoms with van der Waals surface area (Å²) in [5, 5.41) is 7.71. The first-order valence-corrected chi connectivity index (χ1v) is 6.44. The van der Waals surface area contributed by atoms with E-state index in [4.69, 9.17) is 0 Å². The van der Waals surface area contributed by atoms with Gasteiger partial charge >= 0.3 is 0 Å². The predicted molar refractivity (Wildman–Crippen MR) is 75.9 cm³/mol. The lowest BCUT2D eigenvalue weighted by molar-refractivity contribution is 0.103. The number of rotatable bonds is 3. The Bertz CT molecular complexity index is 796. The molecule has 0 fully saturated rings. The monoisotopic (exact) mass is 281 g/mol. The van der Waals surface area contributed by atoms with Gasteiger partial charge in [-0.3, -0.25) is 4.79 Å². The van der Waals surface area contributed by atoms with Crippen LogP contribution in [0.25, 0.3) is 5.69 Å². The minimum Gasteiger partial charge on any atom is -0.287 e. The van der Waals surface area contributed by atoms with E-state index in [0.717, 1.165) is 5.69 Å². The van der Waals surface area contributed by atoms with Gasteiger partial charge in [0.15, 0.2) is 0 Å². The molecule has 0 aliphatic rings. The summed E-state index contributed by atoms with van der Waals surface area (Å²) in [5.74, 6) is -0.720. The fraction of sp³-hybridized carbons (Fsp3) is 0.0625. The molecule has 2 aromatic carbocycles. The maximum absolute atomic E-state index is 13.6. The summed E-state index contributed by atoms with van der Waals surface area (Å²) in [4.78, 5) is 12.5. The molecule has 21 heavy (non-hydrogen) atoms. The van der Waals surface area contributed by atoms with Crippen LogP contribution in [0.5, 0.6) is 0 Å². The summed E-state index contributed by atoms with van der Waals surface area (Å²) in [6.45, 7) is 1.65. The van der Waals surface area contributed by atoms with Crippen molar-refractivity contribution in [1.29, 1.82) is 0 Å². The summed E-state index contributed by atoms with van der Waals surface area (Å²) in [5.41, 5.74) is 1.80. The number of carbonyl (C=O) groups is 1. The molecule has 3 rings (SSSR count). The van der Waals surface area contributed by atoms with E-state index in [1.807, 2.05) is 30.3 Å². The summed E-state index contributed by atoms with van der Waals surface area (Å²) in [6, 6.07) is 13.6. The van der Waals surface area contributed by atoms with Crippen LogP contribution in [0.15, 0.2) is 54.7 Å². The van der Waals surface area contributed by atoms with Gasteiger partial charge in [0.2, 0.25) is 5.78 Å². The molecule has 4 nitrogen and oxygen atoms in total. The quantitative estimate of drug-likeness (QED) is 0.693. The van der Waals surface area contributed by atoms with Crippen LogP contribution >= 0.6 is 0 Å². The van der Waals surface area contributed by atoms with Gasteiger partial charge in [-0.05, 0) is 30.7 Å². The van der Waals surface area contributed by atoms with Crippen molar-refractivity contribution in [2.75, 3.05) is 0 Å². The zero-order chi connectivity index (χ0) is 14.8. The third-order valence-electron chi connectivity index (χ3n) is 3.22. The van der Waals surface area contributed by atoms with Crippen LogP contribution in [0.1, 0.15) is 21.6 Å². The van der Waals surface area contributed by atoms with E-state index in [1.54, 1.807) is 19.1 Å². The van der Waals surface area contributed by atoms with Crippen molar-refractivity contribution in [1.82, 2.24) is 15.0 Å². The van der Waals surface area contributed by atoms with E-state index in [-0.39, 0.29) is 11.3 Å². The van der Waals surface area contributed by atoms with Gasteiger partial charge < -0.3 is 0 Å². The van der Waals surface area contributed by atoms with Crippen molar-refractivity contribution >= 4 is 5.78 Å². The Hall–Kier alpha value is -2.82. The van der Waals surface area contributed by atoms with Gasteiger partial charge in [0.05, 0.1) is 11.9 Å². The highest BCUT2D eigenvalue weighted by molar-refractivity contribution is 6.08. The number of nitrogens with zero attached hydrogens (tertiary/aromatic N) is 3. The normalized spacial score (nSPS) is 10.6. The van der Waals surface area contributed by atoms with Crippen LogP contribution in [0.4, 0.5) is 4.39 Å². The maximum atomic E-state index is 13.6. The number of carbonyl (C=O) groups excluding carboxylic acids is 1. The lowest BCUT2D eigenvalue weighted by Crippen LogP contribution is -2.10. The average Bonchev–Trinajstić information content (AvgIpc) is 2.99. The molecule has 0 unspecified atom stereocenters. The zero-order valence-corrected chi connectivity index (χ0v) is 11.3. The number of benzene rings is 2. The highest BCUT2D eigenvalue weighted by Gasteiger charge is 2.17. The largest absolute Gasteiger partial charge is 0.287 e. The van der Waals surface area contributed by atoms with Crippen molar-refractivity contribution in [3.05, 3.63) is 77.4 Å². The maximum Gasteiger partial charge on any atom is 0.213 e. The van der Waals surface area contributed by atoms with Gasteiger partial charge in [0.25, 0.3) is 0 Å². The summed E-state index contributed by atoms with van der Waals surface area (Å²) >= 11 is 0. The van der Waals surface area contributed by atoms with Crippen LogP contribution < -0.4 is 0 Å². The highest BCUT2D eigenvalue weighted by Crippen LogP contribution is 2.16. The molecule has 1 aromatic heterocycles. The van der Waals surface area contributed by atoms with E-state index < -0.39 is 5.82 Å². The zero-order valence-electron chi connectivity index (χ0n) is 11.3. The van der Waals surface area contributed by atoms with Gasteiger partial charge in [-0.15, -0.1) is 5.10 Å². The van der Waals surface area contributed by atoms with Crippen LogP contribution in [0.2, 0.25) is 0 Å². The Kier molecular flexibility index (Phi) is 3.31. The standard InChI is InChI=1S/C16H12FN3O/c1-11-7-8-12(9-14(11)17)16(21)15-10-18-19-20(15)13-5-3-2-4-6-13/h2-10H,1H3. The van der Waals surface area contributed by atoms with Crippen LogP contribution in [0, 0.1) is 12.7 Å². The molecule has 0 saturated heterocycles. The Morgan fingerprint density at radius 2 is 1.90 bits per heavy atom. The molecule has 3 aromatic rings.